The van der Waals surface area contributed by atoms with Crippen molar-refractivity contribution in [3.63, 3.8) is 0 Å². The van der Waals surface area contributed by atoms with Gasteiger partial charge in [0.05, 0.1) is 11.4 Å². The predicted octanol–water partition coefficient (Wildman–Crippen LogP) is 4.58. The van der Waals surface area contributed by atoms with Crippen molar-refractivity contribution in [3.05, 3.63) is 90.0 Å². The molecule has 0 bridgehead atoms. The van der Waals surface area contributed by atoms with Gasteiger partial charge in [0.1, 0.15) is 18.2 Å². The summed E-state index contributed by atoms with van der Waals surface area (Å²) in [5.41, 5.74) is 2.22. The highest BCUT2D eigenvalue weighted by molar-refractivity contribution is 6.02. The van der Waals surface area contributed by atoms with E-state index in [1.165, 1.54) is 23.1 Å². The monoisotopic (exact) mass is 431 g/mol. The highest BCUT2D eigenvalue weighted by Gasteiger charge is 2.24. The van der Waals surface area contributed by atoms with Crippen molar-refractivity contribution in [2.75, 3.05) is 16.8 Å². The maximum Gasteiger partial charge on any atom is 0.248 e. The van der Waals surface area contributed by atoms with Crippen molar-refractivity contribution in [2.45, 2.75) is 19.4 Å². The van der Waals surface area contributed by atoms with Crippen molar-refractivity contribution in [1.29, 1.82) is 0 Å². The molecule has 1 aliphatic heterocycles. The van der Waals surface area contributed by atoms with Crippen LogP contribution in [0.15, 0.2) is 72.9 Å². The second kappa shape index (κ2) is 9.87. The van der Waals surface area contributed by atoms with Gasteiger partial charge in [-0.3, -0.25) is 14.6 Å². The SMILES string of the molecule is O=C(/C=C/c1ccc(OCc2ccccn2)cc1)Nc1ccc(N2CCCC2=O)c(F)c1. The predicted molar refractivity (Wildman–Crippen MR) is 121 cm³/mol. The molecule has 1 N–H and O–H groups in total. The summed E-state index contributed by atoms with van der Waals surface area (Å²) in [6.07, 6.45) is 5.90. The van der Waals surface area contributed by atoms with Crippen LogP contribution in [0.25, 0.3) is 6.08 Å². The number of aromatic nitrogens is 1. The van der Waals surface area contributed by atoms with Crippen LogP contribution in [-0.2, 0) is 16.2 Å². The first kappa shape index (κ1) is 21.2. The lowest BCUT2D eigenvalue weighted by Crippen LogP contribution is -2.24. The minimum atomic E-state index is -0.539. The van der Waals surface area contributed by atoms with Crippen LogP contribution in [0, 0.1) is 5.82 Å². The Morgan fingerprint density at radius 2 is 2.00 bits per heavy atom. The first-order valence-electron chi connectivity index (χ1n) is 10.3. The third-order valence-electron chi connectivity index (χ3n) is 5.00. The van der Waals surface area contributed by atoms with Gasteiger partial charge in [-0.2, -0.15) is 0 Å². The van der Waals surface area contributed by atoms with Gasteiger partial charge in [-0.05, 0) is 60.5 Å². The van der Waals surface area contributed by atoms with Gasteiger partial charge >= 0.3 is 0 Å². The van der Waals surface area contributed by atoms with E-state index >= 15 is 0 Å². The lowest BCUT2D eigenvalue weighted by Gasteiger charge is -2.17. The number of pyridine rings is 1. The number of amides is 2. The molecule has 1 saturated heterocycles. The molecule has 1 aromatic heterocycles. The molecular weight excluding hydrogens is 409 g/mol. The van der Waals surface area contributed by atoms with E-state index in [0.717, 1.165) is 17.7 Å². The minimum absolute atomic E-state index is 0.0863. The molecular formula is C25H22FN3O3. The zero-order valence-electron chi connectivity index (χ0n) is 17.3. The van der Waals surface area contributed by atoms with Crippen LogP contribution in [0.2, 0.25) is 0 Å². The van der Waals surface area contributed by atoms with E-state index in [4.69, 9.17) is 4.74 Å². The molecule has 6 nitrogen and oxygen atoms in total. The Morgan fingerprint density at radius 1 is 1.16 bits per heavy atom. The summed E-state index contributed by atoms with van der Waals surface area (Å²) >= 11 is 0. The molecule has 0 saturated carbocycles. The van der Waals surface area contributed by atoms with E-state index in [2.05, 4.69) is 10.3 Å². The van der Waals surface area contributed by atoms with Crippen LogP contribution in [0.1, 0.15) is 24.1 Å². The molecule has 0 spiro atoms. The Labute approximate surface area is 185 Å². The quantitative estimate of drug-likeness (QED) is 0.556. The summed E-state index contributed by atoms with van der Waals surface area (Å²) in [7, 11) is 0. The molecule has 7 heteroatoms. The Balaban J connectivity index is 1.31. The van der Waals surface area contributed by atoms with Gasteiger partial charge in [0.2, 0.25) is 11.8 Å². The van der Waals surface area contributed by atoms with Crippen LogP contribution in [-0.4, -0.2) is 23.3 Å². The number of hydrogen-bond acceptors (Lipinski definition) is 4. The summed E-state index contributed by atoms with van der Waals surface area (Å²) in [5, 5.41) is 2.63. The first-order valence-corrected chi connectivity index (χ1v) is 10.3. The fourth-order valence-corrected chi connectivity index (χ4v) is 3.38. The van der Waals surface area contributed by atoms with Gasteiger partial charge in [0, 0.05) is 30.9 Å². The fourth-order valence-electron chi connectivity index (χ4n) is 3.38. The molecule has 1 fully saturated rings. The Morgan fingerprint density at radius 3 is 2.69 bits per heavy atom. The van der Waals surface area contributed by atoms with Crippen molar-refractivity contribution >= 4 is 29.3 Å². The molecule has 3 aromatic rings. The van der Waals surface area contributed by atoms with Crippen molar-refractivity contribution in [1.82, 2.24) is 4.98 Å². The van der Waals surface area contributed by atoms with E-state index in [0.29, 0.717) is 31.0 Å². The number of anilines is 2. The second-order valence-electron chi connectivity index (χ2n) is 7.32. The summed E-state index contributed by atoms with van der Waals surface area (Å²) in [4.78, 5) is 29.6. The number of hydrogen-bond donors (Lipinski definition) is 1. The highest BCUT2D eigenvalue weighted by atomic mass is 19.1. The third-order valence-corrected chi connectivity index (χ3v) is 5.00. The van der Waals surface area contributed by atoms with Gasteiger partial charge in [0.25, 0.3) is 0 Å². The number of carbonyl (C=O) groups excluding carboxylic acids is 2. The molecule has 2 aromatic carbocycles. The molecule has 0 atom stereocenters. The molecule has 2 heterocycles. The summed E-state index contributed by atoms with van der Waals surface area (Å²) in [6, 6.07) is 17.3. The van der Waals surface area contributed by atoms with Gasteiger partial charge < -0.3 is 15.0 Å². The van der Waals surface area contributed by atoms with Crippen LogP contribution in [0.3, 0.4) is 0 Å². The zero-order valence-corrected chi connectivity index (χ0v) is 17.3. The topological polar surface area (TPSA) is 71.5 Å². The van der Waals surface area contributed by atoms with Crippen molar-refractivity contribution < 1.29 is 18.7 Å². The Bertz CT molecular complexity index is 1130. The molecule has 32 heavy (non-hydrogen) atoms. The molecule has 0 aliphatic carbocycles. The number of rotatable bonds is 7. The minimum Gasteiger partial charge on any atom is -0.487 e. The van der Waals surface area contributed by atoms with Gasteiger partial charge in [-0.15, -0.1) is 0 Å². The third kappa shape index (κ3) is 5.37. The zero-order chi connectivity index (χ0) is 22.3. The van der Waals surface area contributed by atoms with E-state index in [1.54, 1.807) is 18.3 Å². The van der Waals surface area contributed by atoms with Gasteiger partial charge in [0.15, 0.2) is 0 Å². The number of halogens is 1. The maximum atomic E-state index is 14.4. The van der Waals surface area contributed by atoms with Crippen molar-refractivity contribution in [3.8, 4) is 5.75 Å². The summed E-state index contributed by atoms with van der Waals surface area (Å²) in [6.45, 7) is 0.886. The van der Waals surface area contributed by atoms with E-state index in [1.807, 2.05) is 42.5 Å². The summed E-state index contributed by atoms with van der Waals surface area (Å²) in [5.74, 6) is -0.311. The standard InChI is InChI=1S/C25H22FN3O3/c26-22-16-19(9-12-23(22)29-15-3-5-25(29)31)28-24(30)13-8-18-6-10-21(11-7-18)32-17-20-4-1-2-14-27-20/h1-2,4,6-14,16H,3,5,15,17H2,(H,28,30)/b13-8+. The lowest BCUT2D eigenvalue weighted by atomic mass is 10.2. The van der Waals surface area contributed by atoms with Crippen LogP contribution < -0.4 is 15.0 Å². The average molecular weight is 431 g/mol. The number of ether oxygens (including phenoxy) is 1. The van der Waals surface area contributed by atoms with Gasteiger partial charge in [-0.25, -0.2) is 4.39 Å². The molecule has 1 aliphatic rings. The fraction of sp³-hybridized carbons (Fsp3) is 0.160. The second-order valence-corrected chi connectivity index (χ2v) is 7.32. The van der Waals surface area contributed by atoms with E-state index in [-0.39, 0.29) is 17.5 Å². The lowest BCUT2D eigenvalue weighted by molar-refractivity contribution is -0.117. The number of benzene rings is 2. The molecule has 162 valence electrons. The number of nitrogens with one attached hydrogen (secondary N) is 1. The first-order chi connectivity index (χ1) is 15.6. The number of carbonyl (C=O) groups is 2. The van der Waals surface area contributed by atoms with Crippen LogP contribution >= 0.6 is 0 Å². The van der Waals surface area contributed by atoms with Crippen molar-refractivity contribution in [2.24, 2.45) is 0 Å². The summed E-state index contributed by atoms with van der Waals surface area (Å²) < 4.78 is 20.1. The number of nitrogens with zero attached hydrogens (tertiary/aromatic N) is 2. The van der Waals surface area contributed by atoms with Crippen LogP contribution in [0.5, 0.6) is 5.75 Å². The van der Waals surface area contributed by atoms with Crippen LogP contribution in [0.4, 0.5) is 15.8 Å². The van der Waals surface area contributed by atoms with E-state index < -0.39 is 5.82 Å². The molecule has 2 amide bonds. The smallest absolute Gasteiger partial charge is 0.248 e. The largest absolute Gasteiger partial charge is 0.487 e. The molecule has 0 unspecified atom stereocenters. The van der Waals surface area contributed by atoms with Gasteiger partial charge in [-0.1, -0.05) is 18.2 Å². The van der Waals surface area contributed by atoms with E-state index in [9.17, 15) is 14.0 Å². The molecule has 0 radical (unpaired) electrons. The maximum absolute atomic E-state index is 14.4. The Hall–Kier alpha value is -4.00. The highest BCUT2D eigenvalue weighted by Crippen LogP contribution is 2.26. The molecule has 4 rings (SSSR count). The normalized spacial score (nSPS) is 13.5. The average Bonchev–Trinajstić information content (AvgIpc) is 3.23. The Kier molecular flexibility index (Phi) is 6.55.